The summed E-state index contributed by atoms with van der Waals surface area (Å²) in [6.45, 7) is 7.54. The van der Waals surface area contributed by atoms with Crippen molar-refractivity contribution < 1.29 is 9.47 Å². The molecule has 0 bridgehead atoms. The third-order valence-electron chi connectivity index (χ3n) is 7.26. The van der Waals surface area contributed by atoms with Crippen LogP contribution in [0.15, 0.2) is 103 Å². The van der Waals surface area contributed by atoms with E-state index in [1.165, 1.54) is 16.7 Å². The zero-order valence-electron chi connectivity index (χ0n) is 25.1. The second-order valence-corrected chi connectivity index (χ2v) is 10.6. The zero-order chi connectivity index (χ0) is 29.5. The van der Waals surface area contributed by atoms with Gasteiger partial charge in [0, 0.05) is 23.1 Å². The zero-order valence-corrected chi connectivity index (χ0v) is 25.8. The quantitative estimate of drug-likeness (QED) is 0.157. The van der Waals surface area contributed by atoms with E-state index in [1.807, 2.05) is 42.5 Å². The molecule has 218 valence electrons. The van der Waals surface area contributed by atoms with Crippen molar-refractivity contribution in [3.8, 4) is 11.5 Å². The van der Waals surface area contributed by atoms with Crippen LogP contribution in [0.3, 0.4) is 0 Å². The summed E-state index contributed by atoms with van der Waals surface area (Å²) in [7, 11) is 3.40. The first-order valence-corrected chi connectivity index (χ1v) is 14.9. The van der Waals surface area contributed by atoms with E-state index in [1.54, 1.807) is 14.2 Å². The molecule has 0 saturated heterocycles. The highest BCUT2D eigenvalue weighted by atomic mass is 35.5. The van der Waals surface area contributed by atoms with E-state index in [9.17, 15) is 0 Å². The first kappa shape index (κ1) is 32.2. The average molecular weight is 573 g/mol. The molecule has 2 N–H and O–H groups in total. The smallest absolute Gasteiger partial charge is 0.119 e. The van der Waals surface area contributed by atoms with Gasteiger partial charge >= 0.3 is 0 Å². The summed E-state index contributed by atoms with van der Waals surface area (Å²) in [5.41, 5.74) is 5.03. The Morgan fingerprint density at radius 3 is 1.88 bits per heavy atom. The molecule has 4 nitrogen and oxygen atoms in total. The van der Waals surface area contributed by atoms with Crippen LogP contribution >= 0.6 is 11.6 Å². The van der Waals surface area contributed by atoms with Crippen LogP contribution in [-0.2, 0) is 6.42 Å². The standard InChI is InChI=1S/C18H22ClNO.C18H23NO/c1-4-18(16-10-5-6-11-17(16)19)20-13(2)14-8-7-9-15(12-14)21-3;1-15(17-11-6-12-18(14-17)20-2)19-13-7-10-16-8-4-3-5-9-16/h5-13,18,20H,4H2,1-3H3;3-6,8-9,11-12,14-15,19H,7,10,13H2,1-2H3/t13?,18-;15-/m11/s1. The van der Waals surface area contributed by atoms with E-state index >= 15 is 0 Å². The first-order valence-electron chi connectivity index (χ1n) is 14.5. The van der Waals surface area contributed by atoms with Gasteiger partial charge in [-0.1, -0.05) is 91.3 Å². The first-order chi connectivity index (χ1) is 19.9. The predicted octanol–water partition coefficient (Wildman–Crippen LogP) is 9.13. The molecule has 0 amide bonds. The fraction of sp³-hybridized carbons (Fsp3) is 0.333. The summed E-state index contributed by atoms with van der Waals surface area (Å²) in [5, 5.41) is 8.03. The monoisotopic (exact) mass is 572 g/mol. The van der Waals surface area contributed by atoms with Crippen LogP contribution in [-0.4, -0.2) is 20.8 Å². The van der Waals surface area contributed by atoms with Gasteiger partial charge in [-0.3, -0.25) is 0 Å². The fourth-order valence-electron chi connectivity index (χ4n) is 4.78. The van der Waals surface area contributed by atoms with Gasteiger partial charge in [0.25, 0.3) is 0 Å². The highest BCUT2D eigenvalue weighted by Crippen LogP contribution is 2.28. The van der Waals surface area contributed by atoms with Gasteiger partial charge in [0.1, 0.15) is 11.5 Å². The number of methoxy groups -OCH3 is 2. The topological polar surface area (TPSA) is 42.5 Å². The Balaban J connectivity index is 0.000000226. The molecule has 0 heterocycles. The number of nitrogens with one attached hydrogen (secondary N) is 2. The molecule has 4 aromatic carbocycles. The van der Waals surface area contributed by atoms with E-state index in [4.69, 9.17) is 21.1 Å². The van der Waals surface area contributed by atoms with Gasteiger partial charge in [0.2, 0.25) is 0 Å². The predicted molar refractivity (Wildman–Crippen MR) is 173 cm³/mol. The van der Waals surface area contributed by atoms with Crippen molar-refractivity contribution in [3.63, 3.8) is 0 Å². The molecule has 0 aliphatic carbocycles. The second kappa shape index (κ2) is 17.5. The van der Waals surface area contributed by atoms with Crippen LogP contribution in [0.25, 0.3) is 0 Å². The fourth-order valence-corrected chi connectivity index (χ4v) is 5.05. The van der Waals surface area contributed by atoms with E-state index in [0.29, 0.717) is 6.04 Å². The number of aryl methyl sites for hydroxylation is 1. The van der Waals surface area contributed by atoms with Gasteiger partial charge in [0.05, 0.1) is 14.2 Å². The number of halogens is 1. The van der Waals surface area contributed by atoms with Crippen LogP contribution in [0.5, 0.6) is 11.5 Å². The van der Waals surface area contributed by atoms with E-state index in [0.717, 1.165) is 47.9 Å². The van der Waals surface area contributed by atoms with Gasteiger partial charge < -0.3 is 20.1 Å². The molecule has 0 saturated carbocycles. The van der Waals surface area contributed by atoms with Gasteiger partial charge in [-0.2, -0.15) is 0 Å². The Kier molecular flexibility index (Phi) is 13.7. The molecular formula is C36H45ClN2O2. The van der Waals surface area contributed by atoms with Crippen molar-refractivity contribution in [2.75, 3.05) is 20.8 Å². The van der Waals surface area contributed by atoms with Crippen molar-refractivity contribution in [1.82, 2.24) is 10.6 Å². The van der Waals surface area contributed by atoms with Crippen molar-refractivity contribution >= 4 is 11.6 Å². The summed E-state index contributed by atoms with van der Waals surface area (Å²) < 4.78 is 10.6. The number of rotatable bonds is 13. The number of hydrogen-bond acceptors (Lipinski definition) is 4. The lowest BCUT2D eigenvalue weighted by molar-refractivity contribution is 0.411. The van der Waals surface area contributed by atoms with Crippen molar-refractivity contribution in [1.29, 1.82) is 0 Å². The average Bonchev–Trinajstić information content (AvgIpc) is 3.03. The molecule has 0 fully saturated rings. The van der Waals surface area contributed by atoms with Crippen molar-refractivity contribution in [2.45, 2.75) is 58.2 Å². The largest absolute Gasteiger partial charge is 0.497 e. The molecule has 5 heteroatoms. The maximum absolute atomic E-state index is 6.31. The highest BCUT2D eigenvalue weighted by molar-refractivity contribution is 6.31. The molecule has 0 aromatic heterocycles. The summed E-state index contributed by atoms with van der Waals surface area (Å²) in [5.74, 6) is 1.80. The third-order valence-corrected chi connectivity index (χ3v) is 7.61. The summed E-state index contributed by atoms with van der Waals surface area (Å²) in [6.07, 6.45) is 3.26. The Labute approximate surface area is 252 Å². The normalized spacial score (nSPS) is 12.9. The van der Waals surface area contributed by atoms with E-state index in [2.05, 4.69) is 92.1 Å². The van der Waals surface area contributed by atoms with Gasteiger partial charge in [0.15, 0.2) is 0 Å². The highest BCUT2D eigenvalue weighted by Gasteiger charge is 2.16. The lowest BCUT2D eigenvalue weighted by atomic mass is 10.0. The minimum absolute atomic E-state index is 0.223. The minimum atomic E-state index is 0.223. The van der Waals surface area contributed by atoms with Crippen LogP contribution in [0, 0.1) is 0 Å². The molecular weight excluding hydrogens is 528 g/mol. The van der Waals surface area contributed by atoms with Gasteiger partial charge in [-0.15, -0.1) is 0 Å². The molecule has 0 aliphatic rings. The van der Waals surface area contributed by atoms with E-state index in [-0.39, 0.29) is 12.1 Å². The second-order valence-electron chi connectivity index (χ2n) is 10.2. The van der Waals surface area contributed by atoms with Crippen LogP contribution in [0.1, 0.15) is 74.0 Å². The van der Waals surface area contributed by atoms with Crippen molar-refractivity contribution in [2.24, 2.45) is 0 Å². The molecule has 1 unspecified atom stereocenters. The summed E-state index contributed by atoms with van der Waals surface area (Å²) >= 11 is 6.31. The summed E-state index contributed by atoms with van der Waals surface area (Å²) in [4.78, 5) is 0. The molecule has 0 aliphatic heterocycles. The molecule has 41 heavy (non-hydrogen) atoms. The molecule has 0 radical (unpaired) electrons. The van der Waals surface area contributed by atoms with E-state index < -0.39 is 0 Å². The van der Waals surface area contributed by atoms with Crippen molar-refractivity contribution in [3.05, 3.63) is 130 Å². The Morgan fingerprint density at radius 1 is 0.707 bits per heavy atom. The van der Waals surface area contributed by atoms with Crippen LogP contribution < -0.4 is 20.1 Å². The molecule has 3 atom stereocenters. The lowest BCUT2D eigenvalue weighted by Gasteiger charge is -2.24. The Morgan fingerprint density at radius 2 is 1.29 bits per heavy atom. The lowest BCUT2D eigenvalue weighted by Crippen LogP contribution is -2.24. The van der Waals surface area contributed by atoms with Gasteiger partial charge in [-0.05, 0) is 92.2 Å². The minimum Gasteiger partial charge on any atom is -0.497 e. The van der Waals surface area contributed by atoms with Crippen LogP contribution in [0.4, 0.5) is 0 Å². The molecule has 0 spiro atoms. The SMILES string of the molecule is CC[C@@H](NC(C)c1cccc(OC)c1)c1ccccc1Cl.COc1cccc([C@@H](C)NCCCc2ccccc2)c1. The number of ether oxygens (including phenoxy) is 2. The summed E-state index contributed by atoms with van der Waals surface area (Å²) in [6, 6.07) is 35.9. The third kappa shape index (κ3) is 10.6. The number of benzene rings is 4. The maximum atomic E-state index is 6.31. The molecule has 4 aromatic rings. The Bertz CT molecular complexity index is 1300. The molecule has 4 rings (SSSR count). The van der Waals surface area contributed by atoms with Gasteiger partial charge in [-0.25, -0.2) is 0 Å². The Hall–Kier alpha value is -3.31. The number of hydrogen-bond donors (Lipinski definition) is 2. The van der Waals surface area contributed by atoms with Crippen LogP contribution in [0.2, 0.25) is 5.02 Å². The maximum Gasteiger partial charge on any atom is 0.119 e.